The van der Waals surface area contributed by atoms with Gasteiger partial charge in [0.2, 0.25) is 5.91 Å². The first-order valence-electron chi connectivity index (χ1n) is 5.22. The van der Waals surface area contributed by atoms with Crippen LogP contribution >= 0.6 is 11.6 Å². The summed E-state index contributed by atoms with van der Waals surface area (Å²) in [6.45, 7) is 0.833. The lowest BCUT2D eigenvalue weighted by atomic mass is 10.3. The van der Waals surface area contributed by atoms with E-state index in [2.05, 4.69) is 0 Å². The Labute approximate surface area is 105 Å². The number of furan rings is 1. The van der Waals surface area contributed by atoms with Crippen LogP contribution in [-0.4, -0.2) is 42.1 Å². The van der Waals surface area contributed by atoms with Crippen LogP contribution in [0.5, 0.6) is 0 Å². The third kappa shape index (κ3) is 4.38. The molecule has 17 heavy (non-hydrogen) atoms. The first-order chi connectivity index (χ1) is 8.21. The van der Waals surface area contributed by atoms with Crippen molar-refractivity contribution >= 4 is 17.5 Å². The van der Waals surface area contributed by atoms with Gasteiger partial charge in [0.1, 0.15) is 24.0 Å². The molecule has 0 bridgehead atoms. The highest BCUT2D eigenvalue weighted by Gasteiger charge is 2.14. The number of amides is 1. The van der Waals surface area contributed by atoms with Crippen molar-refractivity contribution in [1.82, 2.24) is 4.90 Å². The molecule has 0 unspecified atom stereocenters. The summed E-state index contributed by atoms with van der Waals surface area (Å²) < 4.78 is 10.4. The summed E-state index contributed by atoms with van der Waals surface area (Å²) >= 11 is 5.48. The Morgan fingerprint density at radius 2 is 2.24 bits per heavy atom. The molecule has 1 N–H and O–H groups in total. The molecule has 1 aromatic heterocycles. The highest BCUT2D eigenvalue weighted by molar-refractivity contribution is 6.27. The molecular formula is C11H16ClNO4. The molecule has 0 aliphatic rings. The fourth-order valence-corrected chi connectivity index (χ4v) is 1.58. The molecule has 0 aliphatic heterocycles. The van der Waals surface area contributed by atoms with Gasteiger partial charge in [-0.15, -0.1) is 11.6 Å². The maximum Gasteiger partial charge on any atom is 0.237 e. The first kappa shape index (κ1) is 14.0. The highest BCUT2D eigenvalue weighted by Crippen LogP contribution is 2.11. The van der Waals surface area contributed by atoms with Crippen LogP contribution in [0.4, 0.5) is 0 Å². The van der Waals surface area contributed by atoms with E-state index in [4.69, 9.17) is 25.9 Å². The van der Waals surface area contributed by atoms with Gasteiger partial charge < -0.3 is 19.2 Å². The van der Waals surface area contributed by atoms with Crippen molar-refractivity contribution in [3.63, 3.8) is 0 Å². The monoisotopic (exact) mass is 261 g/mol. The molecule has 0 aromatic carbocycles. The minimum Gasteiger partial charge on any atom is -0.462 e. The van der Waals surface area contributed by atoms with E-state index in [1.807, 2.05) is 0 Å². The normalized spacial score (nSPS) is 10.5. The lowest BCUT2D eigenvalue weighted by Gasteiger charge is -2.19. The van der Waals surface area contributed by atoms with Gasteiger partial charge in [-0.3, -0.25) is 4.79 Å². The molecule has 5 nitrogen and oxygen atoms in total. The Bertz CT molecular complexity index is 353. The number of aliphatic hydroxyl groups excluding tert-OH is 1. The molecule has 1 amide bonds. The third-order valence-corrected chi connectivity index (χ3v) is 2.42. The number of hydrogen-bond acceptors (Lipinski definition) is 4. The van der Waals surface area contributed by atoms with E-state index in [1.54, 1.807) is 19.2 Å². The van der Waals surface area contributed by atoms with Crippen molar-refractivity contribution < 1.29 is 19.1 Å². The smallest absolute Gasteiger partial charge is 0.237 e. The molecule has 96 valence electrons. The van der Waals surface area contributed by atoms with Gasteiger partial charge in [0.05, 0.1) is 13.2 Å². The zero-order valence-corrected chi connectivity index (χ0v) is 10.4. The molecular weight excluding hydrogens is 246 g/mol. The molecule has 0 aliphatic carbocycles. The number of alkyl halides is 1. The van der Waals surface area contributed by atoms with Gasteiger partial charge >= 0.3 is 0 Å². The van der Waals surface area contributed by atoms with E-state index >= 15 is 0 Å². The minimum atomic E-state index is -0.231. The number of carbonyl (C=O) groups is 1. The maximum atomic E-state index is 11.5. The standard InChI is InChI=1S/C11H16ClNO4/c1-16-8-10-3-2-9(17-10)7-13(4-5-14)11(15)6-12/h2-3,14H,4-8H2,1H3. The molecule has 1 rings (SSSR count). The Kier molecular flexibility index (Phi) is 6.04. The molecule has 0 radical (unpaired) electrons. The number of methoxy groups -OCH3 is 1. The van der Waals surface area contributed by atoms with Crippen LogP contribution in [0.3, 0.4) is 0 Å². The Morgan fingerprint density at radius 1 is 1.53 bits per heavy atom. The van der Waals surface area contributed by atoms with Crippen molar-refractivity contribution in [2.75, 3.05) is 26.1 Å². The summed E-state index contributed by atoms with van der Waals surface area (Å²) in [5.74, 6) is 1.00. The van der Waals surface area contributed by atoms with Crippen LogP contribution in [0.15, 0.2) is 16.5 Å². The average Bonchev–Trinajstić information content (AvgIpc) is 2.76. The molecule has 0 atom stereocenters. The van der Waals surface area contributed by atoms with Gasteiger partial charge in [-0.2, -0.15) is 0 Å². The van der Waals surface area contributed by atoms with E-state index in [9.17, 15) is 4.79 Å². The second-order valence-electron chi connectivity index (χ2n) is 3.47. The average molecular weight is 262 g/mol. The summed E-state index contributed by atoms with van der Waals surface area (Å²) in [6, 6.07) is 3.57. The van der Waals surface area contributed by atoms with Crippen LogP contribution < -0.4 is 0 Å². The SMILES string of the molecule is COCc1ccc(CN(CCO)C(=O)CCl)o1. The summed E-state index contributed by atoms with van der Waals surface area (Å²) in [6.07, 6.45) is 0. The number of carbonyl (C=O) groups excluding carboxylic acids is 1. The van der Waals surface area contributed by atoms with E-state index < -0.39 is 0 Å². The molecule has 6 heteroatoms. The number of aliphatic hydroxyl groups is 1. The van der Waals surface area contributed by atoms with Crippen molar-refractivity contribution in [3.05, 3.63) is 23.7 Å². The highest BCUT2D eigenvalue weighted by atomic mass is 35.5. The Balaban J connectivity index is 2.61. The summed E-state index contributed by atoms with van der Waals surface area (Å²) in [5.41, 5.74) is 0. The maximum absolute atomic E-state index is 11.5. The second-order valence-corrected chi connectivity index (χ2v) is 3.74. The topological polar surface area (TPSA) is 62.9 Å². The zero-order valence-electron chi connectivity index (χ0n) is 9.69. The summed E-state index contributed by atoms with van der Waals surface area (Å²) in [4.78, 5) is 12.9. The van der Waals surface area contributed by atoms with Gasteiger partial charge in [-0.25, -0.2) is 0 Å². The van der Waals surface area contributed by atoms with Crippen LogP contribution in [-0.2, 0) is 22.7 Å². The van der Waals surface area contributed by atoms with Crippen molar-refractivity contribution in [3.8, 4) is 0 Å². The van der Waals surface area contributed by atoms with Gasteiger partial charge in [0.15, 0.2) is 0 Å². The number of ether oxygens (including phenoxy) is 1. The number of hydrogen-bond donors (Lipinski definition) is 1. The lowest BCUT2D eigenvalue weighted by Crippen LogP contribution is -2.33. The van der Waals surface area contributed by atoms with Crippen LogP contribution in [0, 0.1) is 0 Å². The minimum absolute atomic E-state index is 0.103. The predicted molar refractivity (Wildman–Crippen MR) is 62.6 cm³/mol. The van der Waals surface area contributed by atoms with E-state index in [0.29, 0.717) is 24.7 Å². The number of halogens is 1. The number of nitrogens with zero attached hydrogens (tertiary/aromatic N) is 1. The fourth-order valence-electron chi connectivity index (χ4n) is 1.41. The van der Waals surface area contributed by atoms with Crippen molar-refractivity contribution in [1.29, 1.82) is 0 Å². The van der Waals surface area contributed by atoms with E-state index in [0.717, 1.165) is 0 Å². The second kappa shape index (κ2) is 7.32. The molecule has 0 spiro atoms. The molecule has 1 heterocycles. The zero-order chi connectivity index (χ0) is 12.7. The predicted octanol–water partition coefficient (Wildman–Crippen LogP) is 0.986. The quantitative estimate of drug-likeness (QED) is 0.744. The van der Waals surface area contributed by atoms with E-state index in [1.165, 1.54) is 4.90 Å². The first-order valence-corrected chi connectivity index (χ1v) is 5.75. The van der Waals surface area contributed by atoms with Crippen LogP contribution in [0.1, 0.15) is 11.5 Å². The molecule has 0 fully saturated rings. The van der Waals surface area contributed by atoms with Crippen molar-refractivity contribution in [2.24, 2.45) is 0 Å². The molecule has 0 saturated heterocycles. The van der Waals surface area contributed by atoms with Crippen LogP contribution in [0.25, 0.3) is 0 Å². The largest absolute Gasteiger partial charge is 0.462 e. The Morgan fingerprint density at radius 3 is 2.82 bits per heavy atom. The van der Waals surface area contributed by atoms with Crippen molar-refractivity contribution in [2.45, 2.75) is 13.2 Å². The summed E-state index contributed by atoms with van der Waals surface area (Å²) in [7, 11) is 1.58. The van der Waals surface area contributed by atoms with Crippen LogP contribution in [0.2, 0.25) is 0 Å². The van der Waals surface area contributed by atoms with E-state index in [-0.39, 0.29) is 24.9 Å². The van der Waals surface area contributed by atoms with Gasteiger partial charge in [-0.1, -0.05) is 0 Å². The number of rotatable bonds is 7. The van der Waals surface area contributed by atoms with Gasteiger partial charge in [0.25, 0.3) is 0 Å². The molecule has 1 aromatic rings. The lowest BCUT2D eigenvalue weighted by molar-refractivity contribution is -0.129. The summed E-state index contributed by atoms with van der Waals surface area (Å²) in [5, 5.41) is 8.86. The van der Waals surface area contributed by atoms with Gasteiger partial charge in [-0.05, 0) is 12.1 Å². The third-order valence-electron chi connectivity index (χ3n) is 2.19. The molecule has 0 saturated carbocycles. The fraction of sp³-hybridized carbons (Fsp3) is 0.545. The Hall–Kier alpha value is -1.04. The van der Waals surface area contributed by atoms with Gasteiger partial charge in [0, 0.05) is 13.7 Å².